The number of carbonyl (C=O) groups excluding carboxylic acids is 1. The number of carbonyl (C=O) groups is 1. The van der Waals surface area contributed by atoms with E-state index in [-0.39, 0.29) is 30.5 Å². The van der Waals surface area contributed by atoms with E-state index in [0.29, 0.717) is 6.54 Å². The highest BCUT2D eigenvalue weighted by molar-refractivity contribution is 5.95. The van der Waals surface area contributed by atoms with Crippen LogP contribution in [0.4, 0.5) is 5.69 Å². The van der Waals surface area contributed by atoms with Gasteiger partial charge in [-0.1, -0.05) is 48.0 Å². The van der Waals surface area contributed by atoms with Crippen LogP contribution in [-0.2, 0) is 16.0 Å². The van der Waals surface area contributed by atoms with E-state index in [2.05, 4.69) is 36.1 Å². The zero-order valence-electron chi connectivity index (χ0n) is 16.5. The molecular weight excluding hydrogens is 372 g/mol. The predicted octanol–water partition coefficient (Wildman–Crippen LogP) is 3.86. The Hall–Kier alpha value is -1.88. The third kappa shape index (κ3) is 4.75. The first kappa shape index (κ1) is 20.8. The number of likely N-dealkylation sites (tertiary alicyclic amines) is 1. The van der Waals surface area contributed by atoms with Gasteiger partial charge >= 0.3 is 0 Å². The third-order valence-corrected chi connectivity index (χ3v) is 5.88. The van der Waals surface area contributed by atoms with E-state index >= 15 is 0 Å². The first-order valence-electron chi connectivity index (χ1n) is 9.91. The molecule has 0 radical (unpaired) electrons. The SMILES string of the molecule is Cc1cccc(CCN2CCC3(CC2)CN(c2ccccc2)C(=O)CO3)c1.Cl. The maximum atomic E-state index is 12.4. The maximum Gasteiger partial charge on any atom is 0.253 e. The number of rotatable bonds is 4. The lowest BCUT2D eigenvalue weighted by molar-refractivity contribution is -0.144. The molecule has 2 heterocycles. The van der Waals surface area contributed by atoms with Crippen molar-refractivity contribution in [1.29, 1.82) is 0 Å². The number of halogens is 1. The quantitative estimate of drug-likeness (QED) is 0.781. The van der Waals surface area contributed by atoms with Gasteiger partial charge in [-0.2, -0.15) is 0 Å². The van der Waals surface area contributed by atoms with Crippen molar-refractivity contribution in [3.8, 4) is 0 Å². The van der Waals surface area contributed by atoms with Crippen LogP contribution in [0.5, 0.6) is 0 Å². The van der Waals surface area contributed by atoms with Crippen LogP contribution >= 0.6 is 12.4 Å². The highest BCUT2D eigenvalue weighted by Gasteiger charge is 2.42. The van der Waals surface area contributed by atoms with E-state index in [1.54, 1.807) is 0 Å². The molecule has 5 heteroatoms. The maximum absolute atomic E-state index is 12.4. The van der Waals surface area contributed by atoms with E-state index in [1.165, 1.54) is 11.1 Å². The summed E-state index contributed by atoms with van der Waals surface area (Å²) in [5.41, 5.74) is 3.52. The Balaban J connectivity index is 0.00000225. The van der Waals surface area contributed by atoms with E-state index in [1.807, 2.05) is 35.2 Å². The average Bonchev–Trinajstić information content (AvgIpc) is 2.70. The largest absolute Gasteiger partial charge is 0.363 e. The predicted molar refractivity (Wildman–Crippen MR) is 115 cm³/mol. The fraction of sp³-hybridized carbons (Fsp3) is 0.435. The van der Waals surface area contributed by atoms with Crippen LogP contribution in [0, 0.1) is 6.92 Å². The summed E-state index contributed by atoms with van der Waals surface area (Å²) in [5, 5.41) is 0. The minimum atomic E-state index is -0.191. The van der Waals surface area contributed by atoms with E-state index in [0.717, 1.165) is 44.6 Å². The summed E-state index contributed by atoms with van der Waals surface area (Å²) in [7, 11) is 0. The highest BCUT2D eigenvalue weighted by atomic mass is 35.5. The van der Waals surface area contributed by atoms with Crippen LogP contribution < -0.4 is 4.90 Å². The van der Waals surface area contributed by atoms with Gasteiger partial charge in [-0.3, -0.25) is 4.79 Å². The molecule has 2 aromatic rings. The summed E-state index contributed by atoms with van der Waals surface area (Å²) in [4.78, 5) is 16.8. The Morgan fingerprint density at radius 3 is 2.50 bits per heavy atom. The Morgan fingerprint density at radius 2 is 1.79 bits per heavy atom. The topological polar surface area (TPSA) is 32.8 Å². The number of benzene rings is 2. The molecule has 2 aliphatic heterocycles. The number of ether oxygens (including phenoxy) is 1. The molecule has 4 nitrogen and oxygen atoms in total. The van der Waals surface area contributed by atoms with Crippen molar-refractivity contribution in [1.82, 2.24) is 4.90 Å². The normalized spacial score (nSPS) is 19.5. The first-order valence-corrected chi connectivity index (χ1v) is 9.91. The van der Waals surface area contributed by atoms with E-state index in [9.17, 15) is 4.79 Å². The zero-order chi connectivity index (χ0) is 18.7. The molecule has 0 saturated carbocycles. The fourth-order valence-electron chi connectivity index (χ4n) is 4.20. The monoisotopic (exact) mass is 400 g/mol. The highest BCUT2D eigenvalue weighted by Crippen LogP contribution is 2.32. The van der Waals surface area contributed by atoms with Crippen molar-refractivity contribution < 1.29 is 9.53 Å². The first-order chi connectivity index (χ1) is 13.1. The molecule has 0 bridgehead atoms. The molecule has 0 N–H and O–H groups in total. The molecule has 150 valence electrons. The van der Waals surface area contributed by atoms with Gasteiger partial charge in [0.25, 0.3) is 5.91 Å². The number of anilines is 1. The molecule has 0 atom stereocenters. The molecule has 0 aliphatic carbocycles. The number of aryl methyl sites for hydroxylation is 1. The fourth-order valence-corrected chi connectivity index (χ4v) is 4.20. The molecular formula is C23H29ClN2O2. The van der Waals surface area contributed by atoms with Gasteiger partial charge in [0.15, 0.2) is 0 Å². The van der Waals surface area contributed by atoms with Gasteiger partial charge in [0.2, 0.25) is 0 Å². The van der Waals surface area contributed by atoms with Gasteiger partial charge in [-0.25, -0.2) is 0 Å². The van der Waals surface area contributed by atoms with Crippen LogP contribution in [0.2, 0.25) is 0 Å². The lowest BCUT2D eigenvalue weighted by Crippen LogP contribution is -2.59. The Kier molecular flexibility index (Phi) is 6.76. The minimum Gasteiger partial charge on any atom is -0.363 e. The summed E-state index contributed by atoms with van der Waals surface area (Å²) >= 11 is 0. The second kappa shape index (κ2) is 9.08. The van der Waals surface area contributed by atoms with E-state index in [4.69, 9.17) is 4.74 Å². The molecule has 4 rings (SSSR count). The lowest BCUT2D eigenvalue weighted by atomic mass is 9.89. The van der Waals surface area contributed by atoms with Gasteiger partial charge in [-0.05, 0) is 43.9 Å². The molecule has 0 unspecified atom stereocenters. The van der Waals surface area contributed by atoms with Gasteiger partial charge in [0.1, 0.15) is 6.61 Å². The van der Waals surface area contributed by atoms with Crippen molar-refractivity contribution in [2.45, 2.75) is 31.8 Å². The number of para-hydroxylation sites is 1. The summed E-state index contributed by atoms with van der Waals surface area (Å²) in [5.74, 6) is 0.0636. The molecule has 1 spiro atoms. The number of hydrogen-bond donors (Lipinski definition) is 0. The molecule has 2 aliphatic rings. The van der Waals surface area contributed by atoms with Crippen LogP contribution in [-0.4, -0.2) is 49.2 Å². The smallest absolute Gasteiger partial charge is 0.253 e. The molecule has 28 heavy (non-hydrogen) atoms. The lowest BCUT2D eigenvalue weighted by Gasteiger charge is -2.47. The van der Waals surface area contributed by atoms with Crippen molar-refractivity contribution in [3.05, 3.63) is 65.7 Å². The van der Waals surface area contributed by atoms with Crippen molar-refractivity contribution in [2.75, 3.05) is 37.7 Å². The summed E-state index contributed by atoms with van der Waals surface area (Å²) in [6.07, 6.45) is 3.05. The molecule has 2 fully saturated rings. The average molecular weight is 401 g/mol. The van der Waals surface area contributed by atoms with Crippen LogP contribution in [0.15, 0.2) is 54.6 Å². The summed E-state index contributed by atoms with van der Waals surface area (Å²) in [6.45, 7) is 6.15. The van der Waals surface area contributed by atoms with Crippen molar-refractivity contribution >= 4 is 24.0 Å². The molecule has 0 aromatic heterocycles. The van der Waals surface area contributed by atoms with Gasteiger partial charge in [-0.15, -0.1) is 12.4 Å². The van der Waals surface area contributed by atoms with E-state index < -0.39 is 0 Å². The van der Waals surface area contributed by atoms with Gasteiger partial charge in [0, 0.05) is 25.3 Å². The van der Waals surface area contributed by atoms with Crippen LogP contribution in [0.3, 0.4) is 0 Å². The number of nitrogens with zero attached hydrogens (tertiary/aromatic N) is 2. The van der Waals surface area contributed by atoms with Crippen LogP contribution in [0.1, 0.15) is 24.0 Å². The number of morpholine rings is 1. The third-order valence-electron chi connectivity index (χ3n) is 5.88. The molecule has 2 aromatic carbocycles. The summed E-state index contributed by atoms with van der Waals surface area (Å²) in [6, 6.07) is 18.7. The Bertz CT molecular complexity index is 788. The number of piperidine rings is 1. The van der Waals surface area contributed by atoms with Crippen molar-refractivity contribution in [3.63, 3.8) is 0 Å². The minimum absolute atomic E-state index is 0. The zero-order valence-corrected chi connectivity index (χ0v) is 17.3. The molecule has 2 saturated heterocycles. The Labute approximate surface area is 173 Å². The number of amides is 1. The van der Waals surface area contributed by atoms with Gasteiger partial charge in [0.05, 0.1) is 12.1 Å². The van der Waals surface area contributed by atoms with Gasteiger partial charge < -0.3 is 14.5 Å². The number of hydrogen-bond acceptors (Lipinski definition) is 3. The second-order valence-electron chi connectivity index (χ2n) is 7.87. The standard InChI is InChI=1S/C23H28N2O2.ClH/c1-19-6-5-7-20(16-19)10-13-24-14-11-23(12-15-24)18-25(22(26)17-27-23)21-8-3-2-4-9-21;/h2-9,16H,10-15,17-18H2,1H3;1H. The van der Waals surface area contributed by atoms with Crippen molar-refractivity contribution in [2.24, 2.45) is 0 Å². The molecule has 1 amide bonds. The van der Waals surface area contributed by atoms with Crippen LogP contribution in [0.25, 0.3) is 0 Å². The second-order valence-corrected chi connectivity index (χ2v) is 7.87. The Morgan fingerprint density at radius 1 is 1.04 bits per heavy atom. The summed E-state index contributed by atoms with van der Waals surface area (Å²) < 4.78 is 6.08.